The van der Waals surface area contributed by atoms with Crippen LogP contribution in [-0.2, 0) is 0 Å². The molecule has 0 aliphatic heterocycles. The monoisotopic (exact) mass is 368 g/mol. The Hall–Kier alpha value is -2.64. The van der Waals surface area contributed by atoms with E-state index in [1.54, 1.807) is 53.4 Å². The number of amides is 1. The second kappa shape index (κ2) is 6.34. The number of para-hydroxylation sites is 1. The van der Waals surface area contributed by atoms with E-state index in [0.717, 1.165) is 14.6 Å². The fourth-order valence-electron chi connectivity index (χ4n) is 2.50. The van der Waals surface area contributed by atoms with Gasteiger partial charge >= 0.3 is 0 Å². The average Bonchev–Trinajstić information content (AvgIpc) is 3.04. The van der Waals surface area contributed by atoms with Gasteiger partial charge in [-0.25, -0.2) is 4.98 Å². The van der Waals surface area contributed by atoms with Crippen molar-refractivity contribution < 1.29 is 9.21 Å². The van der Waals surface area contributed by atoms with E-state index >= 15 is 0 Å². The Kier molecular flexibility index (Phi) is 4.03. The summed E-state index contributed by atoms with van der Waals surface area (Å²) in [6.07, 6.45) is 3.18. The van der Waals surface area contributed by atoms with Gasteiger partial charge in [-0.2, -0.15) is 0 Å². The van der Waals surface area contributed by atoms with Crippen LogP contribution in [0.25, 0.3) is 21.2 Å². The molecule has 7 heteroatoms. The lowest BCUT2D eigenvalue weighted by Crippen LogP contribution is -2.21. The van der Waals surface area contributed by atoms with E-state index in [9.17, 15) is 9.59 Å². The van der Waals surface area contributed by atoms with Crippen molar-refractivity contribution in [2.75, 3.05) is 11.6 Å². The van der Waals surface area contributed by atoms with Crippen LogP contribution in [0.3, 0.4) is 0 Å². The van der Waals surface area contributed by atoms with E-state index in [0.29, 0.717) is 16.7 Å². The number of fused-ring (bicyclic) bond motifs is 2. The number of nitrogens with one attached hydrogen (secondary N) is 1. The first-order chi connectivity index (χ1) is 12.2. The molecule has 0 fully saturated rings. The van der Waals surface area contributed by atoms with Crippen LogP contribution >= 0.6 is 23.1 Å². The molecule has 4 aromatic rings. The summed E-state index contributed by atoms with van der Waals surface area (Å²) >= 11 is 3.14. The van der Waals surface area contributed by atoms with Crippen molar-refractivity contribution in [2.45, 2.75) is 4.34 Å². The van der Waals surface area contributed by atoms with Crippen molar-refractivity contribution in [3.8, 4) is 0 Å². The number of nitrogens with zero attached hydrogens (tertiary/aromatic N) is 1. The number of thioether (sulfide) groups is 1. The minimum atomic E-state index is -0.492. The van der Waals surface area contributed by atoms with E-state index in [1.807, 2.05) is 18.4 Å². The highest BCUT2D eigenvalue weighted by atomic mass is 32.2. The average molecular weight is 368 g/mol. The first-order valence-corrected chi connectivity index (χ1v) is 9.46. The molecule has 2 heterocycles. The van der Waals surface area contributed by atoms with Crippen LogP contribution in [0.5, 0.6) is 0 Å². The van der Waals surface area contributed by atoms with Crippen LogP contribution in [0.4, 0.5) is 5.69 Å². The van der Waals surface area contributed by atoms with Crippen LogP contribution < -0.4 is 10.7 Å². The Labute approximate surface area is 150 Å². The Morgan fingerprint density at radius 3 is 2.92 bits per heavy atom. The number of benzene rings is 2. The molecule has 124 valence electrons. The smallest absolute Gasteiger partial charge is 0.262 e. The van der Waals surface area contributed by atoms with Crippen LogP contribution in [-0.4, -0.2) is 17.1 Å². The zero-order chi connectivity index (χ0) is 17.4. The number of anilines is 1. The zero-order valence-electron chi connectivity index (χ0n) is 13.1. The van der Waals surface area contributed by atoms with Gasteiger partial charge in [0.25, 0.3) is 5.91 Å². The molecule has 0 spiro atoms. The highest BCUT2D eigenvalue weighted by molar-refractivity contribution is 8.00. The summed E-state index contributed by atoms with van der Waals surface area (Å²) in [5.74, 6) is -0.492. The van der Waals surface area contributed by atoms with Crippen molar-refractivity contribution in [1.29, 1.82) is 0 Å². The maximum absolute atomic E-state index is 12.5. The van der Waals surface area contributed by atoms with Crippen molar-refractivity contribution in [3.63, 3.8) is 0 Å². The van der Waals surface area contributed by atoms with E-state index in [2.05, 4.69) is 10.3 Å². The van der Waals surface area contributed by atoms with Gasteiger partial charge in [-0.05, 0) is 36.6 Å². The van der Waals surface area contributed by atoms with Gasteiger partial charge in [0.2, 0.25) is 5.43 Å². The molecular weight excluding hydrogens is 356 g/mol. The Morgan fingerprint density at radius 1 is 1.24 bits per heavy atom. The van der Waals surface area contributed by atoms with E-state index < -0.39 is 5.91 Å². The quantitative estimate of drug-likeness (QED) is 0.544. The maximum Gasteiger partial charge on any atom is 0.262 e. The van der Waals surface area contributed by atoms with Crippen molar-refractivity contribution in [3.05, 3.63) is 64.5 Å². The molecule has 1 N–H and O–H groups in total. The van der Waals surface area contributed by atoms with Crippen molar-refractivity contribution in [1.82, 2.24) is 4.98 Å². The number of aromatic nitrogens is 1. The molecule has 0 radical (unpaired) electrons. The molecule has 0 aliphatic carbocycles. The van der Waals surface area contributed by atoms with Gasteiger partial charge in [0.05, 0.1) is 15.6 Å². The predicted octanol–water partition coefficient (Wildman–Crippen LogP) is 4.38. The molecule has 1 amide bonds. The summed E-state index contributed by atoms with van der Waals surface area (Å²) in [5, 5.41) is 3.14. The van der Waals surface area contributed by atoms with Gasteiger partial charge in [-0.3, -0.25) is 9.59 Å². The van der Waals surface area contributed by atoms with Crippen LogP contribution in [0.2, 0.25) is 0 Å². The van der Waals surface area contributed by atoms with Gasteiger partial charge < -0.3 is 9.73 Å². The van der Waals surface area contributed by atoms with E-state index in [-0.39, 0.29) is 11.0 Å². The van der Waals surface area contributed by atoms with Crippen LogP contribution in [0.1, 0.15) is 10.4 Å². The highest BCUT2D eigenvalue weighted by Crippen LogP contribution is 2.30. The largest absolute Gasteiger partial charge is 0.463 e. The van der Waals surface area contributed by atoms with Crippen molar-refractivity contribution >= 4 is 55.9 Å². The molecule has 0 bridgehead atoms. The molecule has 0 saturated carbocycles. The van der Waals surface area contributed by atoms with Gasteiger partial charge in [0.1, 0.15) is 17.4 Å². The molecule has 0 saturated heterocycles. The first-order valence-electron chi connectivity index (χ1n) is 7.42. The van der Waals surface area contributed by atoms with Gasteiger partial charge in [-0.1, -0.05) is 23.9 Å². The fourth-order valence-corrected chi connectivity index (χ4v) is 4.03. The molecule has 0 atom stereocenters. The van der Waals surface area contributed by atoms with E-state index in [4.69, 9.17) is 4.42 Å². The normalized spacial score (nSPS) is 11.1. The number of carbonyl (C=O) groups excluding carboxylic acids is 1. The SMILES string of the molecule is CSc1nc2ccc(NC(=O)c3coc4ccccc4c3=O)cc2s1. The van der Waals surface area contributed by atoms with E-state index in [1.165, 1.54) is 6.26 Å². The van der Waals surface area contributed by atoms with Crippen molar-refractivity contribution in [2.24, 2.45) is 0 Å². The molecule has 0 aliphatic rings. The standard InChI is InChI=1S/C18H12N2O3S2/c1-24-18-20-13-7-6-10(8-15(13)25-18)19-17(22)12-9-23-14-5-3-2-4-11(14)16(12)21/h2-9H,1H3,(H,19,22). The first kappa shape index (κ1) is 15.9. The third-order valence-corrected chi connectivity index (χ3v) is 5.73. The predicted molar refractivity (Wildman–Crippen MR) is 102 cm³/mol. The second-order valence-corrected chi connectivity index (χ2v) is 7.38. The summed E-state index contributed by atoms with van der Waals surface area (Å²) in [6.45, 7) is 0. The third-order valence-electron chi connectivity index (χ3n) is 3.73. The highest BCUT2D eigenvalue weighted by Gasteiger charge is 2.15. The minimum absolute atomic E-state index is 0.0205. The molecule has 2 aromatic carbocycles. The maximum atomic E-state index is 12.5. The van der Waals surface area contributed by atoms with Gasteiger partial charge in [0, 0.05) is 5.69 Å². The number of hydrogen-bond donors (Lipinski definition) is 1. The summed E-state index contributed by atoms with van der Waals surface area (Å²) in [5.41, 5.74) is 1.59. The van der Waals surface area contributed by atoms with Crippen LogP contribution in [0.15, 0.2) is 62.3 Å². The zero-order valence-corrected chi connectivity index (χ0v) is 14.7. The summed E-state index contributed by atoms with van der Waals surface area (Å²) in [4.78, 5) is 29.4. The Morgan fingerprint density at radius 2 is 2.08 bits per heavy atom. The lowest BCUT2D eigenvalue weighted by Gasteiger charge is -2.05. The topological polar surface area (TPSA) is 72.2 Å². The summed E-state index contributed by atoms with van der Waals surface area (Å²) in [6, 6.07) is 12.3. The lowest BCUT2D eigenvalue weighted by atomic mass is 10.1. The molecule has 0 unspecified atom stereocenters. The minimum Gasteiger partial charge on any atom is -0.463 e. The van der Waals surface area contributed by atoms with Crippen LogP contribution in [0, 0.1) is 0 Å². The number of thiazole rings is 1. The third kappa shape index (κ3) is 2.92. The second-order valence-electron chi connectivity index (χ2n) is 5.30. The Bertz CT molecular complexity index is 1160. The molecule has 2 aromatic heterocycles. The van der Waals surface area contributed by atoms with Gasteiger partial charge in [0.15, 0.2) is 4.34 Å². The molecule has 4 rings (SSSR count). The molecular formula is C18H12N2O3S2. The Balaban J connectivity index is 1.68. The number of carbonyl (C=O) groups is 1. The summed E-state index contributed by atoms with van der Waals surface area (Å²) < 4.78 is 7.34. The lowest BCUT2D eigenvalue weighted by molar-refractivity contribution is 0.102. The molecule has 25 heavy (non-hydrogen) atoms. The summed E-state index contributed by atoms with van der Waals surface area (Å²) in [7, 11) is 0. The fraction of sp³-hybridized carbons (Fsp3) is 0.0556. The number of rotatable bonds is 3. The van der Waals surface area contributed by atoms with Gasteiger partial charge in [-0.15, -0.1) is 11.3 Å². The number of hydrogen-bond acceptors (Lipinski definition) is 6. The molecule has 5 nitrogen and oxygen atoms in total.